The van der Waals surface area contributed by atoms with Crippen LogP contribution in [0.2, 0.25) is 5.02 Å². The zero-order chi connectivity index (χ0) is 10.7. The summed E-state index contributed by atoms with van der Waals surface area (Å²) < 4.78 is 0. The van der Waals surface area contributed by atoms with Gasteiger partial charge in [-0.1, -0.05) is 29.4 Å². The number of amidine groups is 1. The molecule has 0 unspecified atom stereocenters. The van der Waals surface area contributed by atoms with Crippen molar-refractivity contribution in [2.45, 2.75) is 0 Å². The molecule has 0 spiro atoms. The van der Waals surface area contributed by atoms with Gasteiger partial charge in [0, 0.05) is 10.8 Å². The normalized spacial score (nSPS) is 14.9. The summed E-state index contributed by atoms with van der Waals surface area (Å²) in [6, 6.07) is 7.12. The number of hydroxylamine groups is 1. The highest BCUT2D eigenvalue weighted by atomic mass is 35.5. The van der Waals surface area contributed by atoms with Gasteiger partial charge in [-0.3, -0.25) is 15.6 Å². The van der Waals surface area contributed by atoms with Crippen LogP contribution in [0.3, 0.4) is 0 Å². The maximum atomic E-state index is 9.62. The molecule has 1 aliphatic heterocycles. The molecule has 1 heterocycles. The highest BCUT2D eigenvalue weighted by Gasteiger charge is 2.13. The minimum atomic E-state index is 0.579. The van der Waals surface area contributed by atoms with Crippen molar-refractivity contribution in [3.63, 3.8) is 0 Å². The van der Waals surface area contributed by atoms with Gasteiger partial charge in [-0.05, 0) is 18.2 Å². The zero-order valence-electron chi connectivity index (χ0n) is 7.85. The number of nitrogens with zero attached hydrogens (tertiary/aromatic N) is 2. The second-order valence-electron chi connectivity index (χ2n) is 2.95. The average Bonchev–Trinajstić information content (AvgIpc) is 2.70. The Hall–Kier alpha value is -0.910. The van der Waals surface area contributed by atoms with Crippen LogP contribution in [0.5, 0.6) is 0 Å². The van der Waals surface area contributed by atoms with E-state index in [-0.39, 0.29) is 0 Å². The molecule has 1 aliphatic rings. The van der Waals surface area contributed by atoms with Crippen LogP contribution in [0, 0.1) is 0 Å². The largest absolute Gasteiger partial charge is 0.273 e. The van der Waals surface area contributed by atoms with Gasteiger partial charge >= 0.3 is 0 Å². The number of hydrogen-bond donors (Lipinski definition) is 2. The molecule has 15 heavy (non-hydrogen) atoms. The number of benzene rings is 1. The number of halogens is 1. The molecule has 0 radical (unpaired) electrons. The number of thioether (sulfide) groups is 1. The Balaban J connectivity index is 2.02. The fraction of sp³-hybridized carbons (Fsp3) is 0.222. The monoisotopic (exact) mass is 243 g/mol. The van der Waals surface area contributed by atoms with Crippen LogP contribution in [-0.4, -0.2) is 27.8 Å². The third-order valence-corrected chi connectivity index (χ3v) is 2.99. The summed E-state index contributed by atoms with van der Waals surface area (Å²) in [6.45, 7) is 0.744. The second-order valence-corrected chi connectivity index (χ2v) is 4.45. The molecule has 0 saturated carbocycles. The molecule has 0 aromatic heterocycles. The van der Waals surface area contributed by atoms with Gasteiger partial charge < -0.3 is 0 Å². The molecule has 0 bridgehead atoms. The Morgan fingerprint density at radius 3 is 3.07 bits per heavy atom. The molecule has 80 valence electrons. The molecule has 0 aliphatic carbocycles. The van der Waals surface area contributed by atoms with E-state index < -0.39 is 0 Å². The Morgan fingerprint density at radius 2 is 2.40 bits per heavy atom. The molecule has 0 atom stereocenters. The molecule has 1 aromatic rings. The summed E-state index contributed by atoms with van der Waals surface area (Å²) in [5.41, 5.74) is 3.50. The van der Waals surface area contributed by atoms with Gasteiger partial charge in [0.2, 0.25) is 5.17 Å². The van der Waals surface area contributed by atoms with Crippen molar-refractivity contribution < 1.29 is 5.21 Å². The van der Waals surface area contributed by atoms with Crippen LogP contribution in [0.25, 0.3) is 0 Å². The van der Waals surface area contributed by atoms with Crippen LogP contribution in [0.15, 0.2) is 29.3 Å². The first-order valence-corrected chi connectivity index (χ1v) is 5.80. The SMILES string of the molecule is ON(Nc1cccc(Cl)c1)C1=NCCS1. The van der Waals surface area contributed by atoms with E-state index in [1.54, 1.807) is 12.1 Å². The third kappa shape index (κ3) is 2.77. The van der Waals surface area contributed by atoms with Crippen molar-refractivity contribution in [2.75, 3.05) is 17.7 Å². The van der Waals surface area contributed by atoms with Gasteiger partial charge in [-0.25, -0.2) is 0 Å². The second kappa shape index (κ2) is 4.74. The summed E-state index contributed by atoms with van der Waals surface area (Å²) in [5.74, 6) is 0.906. The molecule has 2 N–H and O–H groups in total. The Kier molecular flexibility index (Phi) is 3.35. The number of hydrogen-bond acceptors (Lipinski definition) is 5. The van der Waals surface area contributed by atoms with E-state index >= 15 is 0 Å². The van der Waals surface area contributed by atoms with Gasteiger partial charge in [-0.2, -0.15) is 0 Å². The summed E-state index contributed by atoms with van der Waals surface area (Å²) in [7, 11) is 0. The van der Waals surface area contributed by atoms with E-state index in [2.05, 4.69) is 10.4 Å². The highest BCUT2D eigenvalue weighted by Crippen LogP contribution is 2.18. The predicted molar refractivity (Wildman–Crippen MR) is 63.5 cm³/mol. The fourth-order valence-electron chi connectivity index (χ4n) is 1.18. The van der Waals surface area contributed by atoms with Crippen LogP contribution in [0.1, 0.15) is 0 Å². The van der Waals surface area contributed by atoms with Crippen molar-refractivity contribution in [3.05, 3.63) is 29.3 Å². The van der Waals surface area contributed by atoms with Crippen molar-refractivity contribution in [1.29, 1.82) is 0 Å². The van der Waals surface area contributed by atoms with Crippen LogP contribution in [0.4, 0.5) is 5.69 Å². The first-order chi connectivity index (χ1) is 7.25. The van der Waals surface area contributed by atoms with Gasteiger partial charge in [0.05, 0.1) is 12.2 Å². The lowest BCUT2D eigenvalue weighted by Crippen LogP contribution is -2.29. The lowest BCUT2D eigenvalue weighted by atomic mass is 10.3. The van der Waals surface area contributed by atoms with E-state index in [1.807, 2.05) is 12.1 Å². The predicted octanol–water partition coefficient (Wildman–Crippen LogP) is 2.46. The number of anilines is 1. The summed E-state index contributed by atoms with van der Waals surface area (Å²) in [6.07, 6.45) is 0. The number of hydrazine groups is 1. The Labute approximate surface area is 96.9 Å². The first-order valence-electron chi connectivity index (χ1n) is 4.44. The lowest BCUT2D eigenvalue weighted by Gasteiger charge is -2.17. The number of nitrogens with one attached hydrogen (secondary N) is 1. The van der Waals surface area contributed by atoms with Gasteiger partial charge in [-0.15, -0.1) is 5.17 Å². The number of rotatable bonds is 2. The third-order valence-electron chi connectivity index (χ3n) is 1.81. The molecule has 0 amide bonds. The van der Waals surface area contributed by atoms with Crippen LogP contribution in [-0.2, 0) is 0 Å². The summed E-state index contributed by atoms with van der Waals surface area (Å²) >= 11 is 7.32. The fourth-order valence-corrected chi connectivity index (χ4v) is 2.09. The van der Waals surface area contributed by atoms with Crippen molar-refractivity contribution in [1.82, 2.24) is 5.17 Å². The van der Waals surface area contributed by atoms with E-state index in [4.69, 9.17) is 11.6 Å². The topological polar surface area (TPSA) is 47.9 Å². The molecule has 0 fully saturated rings. The molecule has 1 aromatic carbocycles. The van der Waals surface area contributed by atoms with Crippen molar-refractivity contribution in [2.24, 2.45) is 4.99 Å². The minimum absolute atomic E-state index is 0.579. The molecule has 4 nitrogen and oxygen atoms in total. The maximum absolute atomic E-state index is 9.62. The Morgan fingerprint density at radius 1 is 1.53 bits per heavy atom. The van der Waals surface area contributed by atoms with Gasteiger partial charge in [0.1, 0.15) is 0 Å². The molecule has 0 saturated heterocycles. The molecular formula is C9H10ClN3OS. The molecular weight excluding hydrogens is 234 g/mol. The summed E-state index contributed by atoms with van der Waals surface area (Å²) in [5, 5.41) is 11.7. The van der Waals surface area contributed by atoms with E-state index in [0.29, 0.717) is 10.2 Å². The van der Waals surface area contributed by atoms with Crippen molar-refractivity contribution >= 4 is 34.2 Å². The van der Waals surface area contributed by atoms with Crippen molar-refractivity contribution in [3.8, 4) is 0 Å². The van der Waals surface area contributed by atoms with Crippen LogP contribution < -0.4 is 5.43 Å². The van der Waals surface area contributed by atoms with Crippen LogP contribution >= 0.6 is 23.4 Å². The van der Waals surface area contributed by atoms with E-state index in [1.165, 1.54) is 11.8 Å². The standard InChI is InChI=1S/C9H10ClN3OS/c10-7-2-1-3-8(6-7)12-13(14)9-11-4-5-15-9/h1-3,6,12,14H,4-5H2. The van der Waals surface area contributed by atoms with E-state index in [9.17, 15) is 5.21 Å². The lowest BCUT2D eigenvalue weighted by molar-refractivity contribution is 0.0162. The van der Waals surface area contributed by atoms with E-state index in [0.717, 1.165) is 23.2 Å². The first kappa shape index (κ1) is 10.6. The average molecular weight is 244 g/mol. The quantitative estimate of drug-likeness (QED) is 0.784. The molecule has 6 heteroatoms. The molecule has 2 rings (SSSR count). The summed E-state index contributed by atoms with van der Waals surface area (Å²) in [4.78, 5) is 4.11. The van der Waals surface area contributed by atoms with Gasteiger partial charge in [0.15, 0.2) is 0 Å². The smallest absolute Gasteiger partial charge is 0.206 e. The highest BCUT2D eigenvalue weighted by molar-refractivity contribution is 8.14. The van der Waals surface area contributed by atoms with Gasteiger partial charge in [0.25, 0.3) is 0 Å². The Bertz CT molecular complexity index is 385. The maximum Gasteiger partial charge on any atom is 0.206 e. The minimum Gasteiger partial charge on any atom is -0.273 e. The number of aliphatic imine (C=N–C) groups is 1. The zero-order valence-corrected chi connectivity index (χ0v) is 9.42.